The number of anilines is 2. The highest BCUT2D eigenvalue weighted by Crippen LogP contribution is 2.32. The van der Waals surface area contributed by atoms with Crippen molar-refractivity contribution in [3.63, 3.8) is 0 Å². The molecule has 0 radical (unpaired) electrons. The number of carbonyl (C=O) groups excluding carboxylic acids is 2. The molecule has 0 heterocycles. The van der Waals surface area contributed by atoms with Crippen LogP contribution in [-0.2, 0) is 10.9 Å². The van der Waals surface area contributed by atoms with Crippen LogP contribution in [0, 0.1) is 0 Å². The molecule has 2 rings (SSSR count). The van der Waals surface area contributed by atoms with E-state index in [1.807, 2.05) is 0 Å². The second-order valence-electron chi connectivity index (χ2n) is 5.06. The Hall–Kier alpha value is -2.74. The Balaban J connectivity index is 2.09. The van der Waals surface area contributed by atoms with Gasteiger partial charge in [0.2, 0.25) is 0 Å². The fourth-order valence-electron chi connectivity index (χ4n) is 2.00. The summed E-state index contributed by atoms with van der Waals surface area (Å²) in [6.45, 7) is 1.91. The van der Waals surface area contributed by atoms with Gasteiger partial charge in [-0.1, -0.05) is 6.07 Å². The number of rotatable bonds is 4. The van der Waals surface area contributed by atoms with Crippen molar-refractivity contribution in [2.24, 2.45) is 0 Å². The number of halogens is 4. The number of alkyl halides is 3. The zero-order chi connectivity index (χ0) is 19.3. The minimum atomic E-state index is -4.55. The minimum Gasteiger partial charge on any atom is -0.462 e. The number of esters is 1. The molecule has 0 aliphatic heterocycles. The largest absolute Gasteiger partial charge is 0.462 e. The summed E-state index contributed by atoms with van der Waals surface area (Å²) in [7, 11) is 0. The molecule has 2 aromatic carbocycles. The first kappa shape index (κ1) is 19.6. The lowest BCUT2D eigenvalue weighted by atomic mass is 10.2. The Morgan fingerprint density at radius 2 is 1.81 bits per heavy atom. The van der Waals surface area contributed by atoms with Gasteiger partial charge in [0.05, 0.1) is 23.4 Å². The highest BCUT2D eigenvalue weighted by Gasteiger charge is 2.31. The van der Waals surface area contributed by atoms with Gasteiger partial charge in [0.1, 0.15) is 0 Å². The van der Waals surface area contributed by atoms with Crippen molar-refractivity contribution < 1.29 is 27.5 Å². The zero-order valence-corrected chi connectivity index (χ0v) is 14.3. The van der Waals surface area contributed by atoms with Crippen molar-refractivity contribution in [1.82, 2.24) is 0 Å². The highest BCUT2D eigenvalue weighted by atomic mass is 35.5. The molecular formula is C17H14ClF3N2O3. The molecule has 2 aromatic rings. The van der Waals surface area contributed by atoms with Gasteiger partial charge in [0.15, 0.2) is 0 Å². The van der Waals surface area contributed by atoms with Crippen molar-refractivity contribution in [1.29, 1.82) is 0 Å². The molecule has 0 bridgehead atoms. The van der Waals surface area contributed by atoms with Crippen LogP contribution >= 0.6 is 11.8 Å². The average molecular weight is 387 g/mol. The molecule has 138 valence electrons. The summed E-state index contributed by atoms with van der Waals surface area (Å²) >= 11 is 5.83. The van der Waals surface area contributed by atoms with Gasteiger partial charge in [0.25, 0.3) is 0 Å². The predicted molar refractivity (Wildman–Crippen MR) is 91.2 cm³/mol. The van der Waals surface area contributed by atoms with Crippen molar-refractivity contribution in [3.8, 4) is 0 Å². The Morgan fingerprint density at radius 3 is 2.38 bits per heavy atom. The second kappa shape index (κ2) is 8.09. The zero-order valence-electron chi connectivity index (χ0n) is 13.5. The first-order chi connectivity index (χ1) is 12.2. The first-order valence-electron chi connectivity index (χ1n) is 7.43. The number of hydrogen-bond donors (Lipinski definition) is 1. The molecule has 9 heteroatoms. The van der Waals surface area contributed by atoms with E-state index in [2.05, 4.69) is 5.32 Å². The molecular weight excluding hydrogens is 373 g/mol. The van der Waals surface area contributed by atoms with Crippen LogP contribution in [0.3, 0.4) is 0 Å². The third-order valence-electron chi connectivity index (χ3n) is 3.23. The summed E-state index contributed by atoms with van der Waals surface area (Å²) < 4.78 is 43.6. The molecule has 1 N–H and O–H groups in total. The number of hydrogen-bond acceptors (Lipinski definition) is 3. The lowest BCUT2D eigenvalue weighted by Crippen LogP contribution is -2.26. The molecule has 0 aromatic heterocycles. The van der Waals surface area contributed by atoms with E-state index in [4.69, 9.17) is 16.5 Å². The van der Waals surface area contributed by atoms with E-state index < -0.39 is 23.7 Å². The lowest BCUT2D eigenvalue weighted by Gasteiger charge is -2.16. The third-order valence-corrected chi connectivity index (χ3v) is 3.57. The molecule has 2 amide bonds. The number of nitrogens with one attached hydrogen (secondary N) is 1. The summed E-state index contributed by atoms with van der Waals surface area (Å²) in [5.74, 6) is -0.506. The number of nitrogens with zero attached hydrogens (tertiary/aromatic N) is 1. The fourth-order valence-corrected chi connectivity index (χ4v) is 2.15. The molecule has 0 atom stereocenters. The smallest absolute Gasteiger partial charge is 0.416 e. The van der Waals surface area contributed by atoms with Crippen LogP contribution < -0.4 is 9.74 Å². The van der Waals surface area contributed by atoms with Gasteiger partial charge in [-0.25, -0.2) is 14.0 Å². The first-order valence-corrected chi connectivity index (χ1v) is 7.77. The monoisotopic (exact) mass is 386 g/mol. The Labute approximate surface area is 152 Å². The molecule has 0 aliphatic carbocycles. The fraction of sp³-hybridized carbons (Fsp3) is 0.176. The van der Waals surface area contributed by atoms with E-state index in [1.165, 1.54) is 30.3 Å². The van der Waals surface area contributed by atoms with Crippen LogP contribution in [0.5, 0.6) is 0 Å². The SMILES string of the molecule is CCOC(=O)c1ccc(NC(=O)N(Cl)c2cccc(C(F)(F)F)c2)cc1. The number of benzene rings is 2. The van der Waals surface area contributed by atoms with E-state index in [1.54, 1.807) is 6.92 Å². The third kappa shape index (κ3) is 4.89. The highest BCUT2D eigenvalue weighted by molar-refractivity contribution is 6.38. The normalized spacial score (nSPS) is 11.0. The number of amides is 2. The van der Waals surface area contributed by atoms with Gasteiger partial charge in [-0.15, -0.1) is 0 Å². The van der Waals surface area contributed by atoms with Crippen LogP contribution in [0.2, 0.25) is 0 Å². The van der Waals surface area contributed by atoms with E-state index in [9.17, 15) is 22.8 Å². The molecule has 0 spiro atoms. The molecule has 0 aliphatic rings. The summed E-state index contributed by atoms with van der Waals surface area (Å²) in [5.41, 5.74) is -0.458. The molecule has 0 saturated heterocycles. The van der Waals surface area contributed by atoms with Crippen molar-refractivity contribution >= 4 is 35.2 Å². The average Bonchev–Trinajstić information content (AvgIpc) is 2.61. The van der Waals surface area contributed by atoms with Crippen LogP contribution in [0.15, 0.2) is 48.5 Å². The predicted octanol–water partition coefficient (Wildman–Crippen LogP) is 5.07. The maximum absolute atomic E-state index is 12.7. The van der Waals surface area contributed by atoms with Gasteiger partial charge in [-0.05, 0) is 49.4 Å². The van der Waals surface area contributed by atoms with E-state index in [-0.39, 0.29) is 12.3 Å². The number of urea groups is 1. The lowest BCUT2D eigenvalue weighted by molar-refractivity contribution is -0.137. The molecule has 0 unspecified atom stereocenters. The van der Waals surface area contributed by atoms with Crippen molar-refractivity contribution in [2.75, 3.05) is 16.3 Å². The minimum absolute atomic E-state index is 0.137. The van der Waals surface area contributed by atoms with E-state index in [0.717, 1.165) is 18.2 Å². The molecule has 0 saturated carbocycles. The Bertz CT molecular complexity index is 795. The van der Waals surface area contributed by atoms with Crippen molar-refractivity contribution in [2.45, 2.75) is 13.1 Å². The van der Waals surface area contributed by atoms with E-state index >= 15 is 0 Å². The van der Waals surface area contributed by atoms with Crippen molar-refractivity contribution in [3.05, 3.63) is 59.7 Å². The summed E-state index contributed by atoms with van der Waals surface area (Å²) in [6, 6.07) is 8.97. The summed E-state index contributed by atoms with van der Waals surface area (Å²) in [4.78, 5) is 23.7. The standard InChI is InChI=1S/C17H14ClF3N2O3/c1-2-26-15(24)11-6-8-13(9-7-11)22-16(25)23(18)14-5-3-4-12(10-14)17(19,20)21/h3-10H,2H2,1H3,(H,22,25). The van der Waals surface area contributed by atoms with Gasteiger partial charge < -0.3 is 10.1 Å². The maximum atomic E-state index is 12.7. The second-order valence-corrected chi connectivity index (χ2v) is 5.39. The van der Waals surface area contributed by atoms with Crippen LogP contribution in [-0.4, -0.2) is 18.6 Å². The van der Waals surface area contributed by atoms with Crippen LogP contribution in [0.1, 0.15) is 22.8 Å². The number of ether oxygens (including phenoxy) is 1. The topological polar surface area (TPSA) is 58.6 Å². The number of carbonyl (C=O) groups is 2. The van der Waals surface area contributed by atoms with E-state index in [0.29, 0.717) is 15.7 Å². The van der Waals surface area contributed by atoms with Gasteiger partial charge >= 0.3 is 18.2 Å². The Kier molecular flexibility index (Phi) is 6.10. The quantitative estimate of drug-likeness (QED) is 0.589. The molecule has 26 heavy (non-hydrogen) atoms. The van der Waals surface area contributed by atoms with Crippen LogP contribution in [0.4, 0.5) is 29.3 Å². The summed E-state index contributed by atoms with van der Waals surface area (Å²) in [5, 5.41) is 2.42. The van der Waals surface area contributed by atoms with Crippen LogP contribution in [0.25, 0.3) is 0 Å². The molecule has 0 fully saturated rings. The van der Waals surface area contributed by atoms with Gasteiger partial charge in [-0.2, -0.15) is 13.2 Å². The van der Waals surface area contributed by atoms with Gasteiger partial charge in [0, 0.05) is 17.5 Å². The van der Waals surface area contributed by atoms with Gasteiger partial charge in [-0.3, -0.25) is 0 Å². The summed E-state index contributed by atoms with van der Waals surface area (Å²) in [6.07, 6.45) is -4.55. The maximum Gasteiger partial charge on any atom is 0.416 e. The molecule has 5 nitrogen and oxygen atoms in total. The Morgan fingerprint density at radius 1 is 1.15 bits per heavy atom.